The minimum absolute atomic E-state index is 0.0658. The van der Waals surface area contributed by atoms with Crippen LogP contribution in [0.2, 0.25) is 0 Å². The van der Waals surface area contributed by atoms with Crippen molar-refractivity contribution < 1.29 is 19.4 Å². The molecule has 0 bridgehead atoms. The summed E-state index contributed by atoms with van der Waals surface area (Å²) >= 11 is 0. The molecular formula is C9H15NO4. The smallest absolute Gasteiger partial charge is 0.305 e. The Bertz CT molecular complexity index is 241. The van der Waals surface area contributed by atoms with Crippen LogP contribution in [-0.2, 0) is 14.3 Å². The van der Waals surface area contributed by atoms with Crippen LogP contribution in [0.25, 0.3) is 0 Å². The molecule has 0 aromatic carbocycles. The SMILES string of the molecule is COC(=O)CC[C@@]1(CO)CCC(=O)N1. The van der Waals surface area contributed by atoms with Crippen molar-refractivity contribution in [2.45, 2.75) is 31.2 Å². The number of hydrogen-bond donors (Lipinski definition) is 2. The fourth-order valence-corrected chi connectivity index (χ4v) is 1.60. The van der Waals surface area contributed by atoms with Gasteiger partial charge in [0.05, 0.1) is 19.3 Å². The highest BCUT2D eigenvalue weighted by molar-refractivity contribution is 5.79. The van der Waals surface area contributed by atoms with Crippen molar-refractivity contribution in [3.63, 3.8) is 0 Å². The van der Waals surface area contributed by atoms with Gasteiger partial charge >= 0.3 is 5.97 Å². The Labute approximate surface area is 82.4 Å². The predicted octanol–water partition coefficient (Wildman–Crippen LogP) is -0.419. The van der Waals surface area contributed by atoms with E-state index in [4.69, 9.17) is 5.11 Å². The van der Waals surface area contributed by atoms with Crippen LogP contribution in [0, 0.1) is 0 Å². The summed E-state index contributed by atoms with van der Waals surface area (Å²) in [6.07, 6.45) is 1.65. The number of rotatable bonds is 4. The van der Waals surface area contributed by atoms with Gasteiger partial charge in [-0.25, -0.2) is 0 Å². The lowest BCUT2D eigenvalue weighted by Gasteiger charge is -2.25. The van der Waals surface area contributed by atoms with Crippen molar-refractivity contribution in [1.82, 2.24) is 5.32 Å². The second-order valence-electron chi connectivity index (χ2n) is 3.56. The number of ether oxygens (including phenoxy) is 1. The van der Waals surface area contributed by atoms with Crippen LogP contribution in [0.5, 0.6) is 0 Å². The summed E-state index contributed by atoms with van der Waals surface area (Å²) in [6, 6.07) is 0. The van der Waals surface area contributed by atoms with Crippen LogP contribution < -0.4 is 5.32 Å². The zero-order valence-corrected chi connectivity index (χ0v) is 8.21. The minimum Gasteiger partial charge on any atom is -0.469 e. The van der Waals surface area contributed by atoms with Crippen molar-refractivity contribution in [2.24, 2.45) is 0 Å². The van der Waals surface area contributed by atoms with Gasteiger partial charge in [0.2, 0.25) is 5.91 Å². The molecule has 5 nitrogen and oxygen atoms in total. The highest BCUT2D eigenvalue weighted by Gasteiger charge is 2.37. The molecule has 0 aliphatic carbocycles. The fraction of sp³-hybridized carbons (Fsp3) is 0.778. The maximum atomic E-state index is 11.0. The number of carbonyl (C=O) groups excluding carboxylic acids is 2. The van der Waals surface area contributed by atoms with Gasteiger partial charge in [0, 0.05) is 12.8 Å². The summed E-state index contributed by atoms with van der Waals surface area (Å²) in [4.78, 5) is 21.9. The molecular weight excluding hydrogens is 186 g/mol. The van der Waals surface area contributed by atoms with Gasteiger partial charge in [-0.2, -0.15) is 0 Å². The van der Waals surface area contributed by atoms with Crippen molar-refractivity contribution in [1.29, 1.82) is 0 Å². The molecule has 0 aromatic heterocycles. The Kier molecular flexibility index (Phi) is 3.46. The maximum absolute atomic E-state index is 11.0. The molecule has 0 radical (unpaired) electrons. The van der Waals surface area contributed by atoms with E-state index in [9.17, 15) is 9.59 Å². The molecule has 1 amide bonds. The number of methoxy groups -OCH3 is 1. The van der Waals surface area contributed by atoms with Gasteiger partial charge in [-0.1, -0.05) is 0 Å². The van der Waals surface area contributed by atoms with Crippen LogP contribution in [0.4, 0.5) is 0 Å². The molecule has 14 heavy (non-hydrogen) atoms. The van der Waals surface area contributed by atoms with E-state index in [0.717, 1.165) is 0 Å². The Morgan fingerprint density at radius 2 is 2.43 bits per heavy atom. The molecule has 1 aliphatic heterocycles. The van der Waals surface area contributed by atoms with Crippen LogP contribution in [0.3, 0.4) is 0 Å². The summed E-state index contributed by atoms with van der Waals surface area (Å²) in [7, 11) is 1.32. The second-order valence-corrected chi connectivity index (χ2v) is 3.56. The first kappa shape index (κ1) is 11.0. The van der Waals surface area contributed by atoms with E-state index >= 15 is 0 Å². The molecule has 1 aliphatic rings. The second kappa shape index (κ2) is 4.41. The van der Waals surface area contributed by atoms with E-state index in [0.29, 0.717) is 19.3 Å². The fourth-order valence-electron chi connectivity index (χ4n) is 1.60. The number of carbonyl (C=O) groups is 2. The Hall–Kier alpha value is -1.10. The van der Waals surface area contributed by atoms with E-state index in [1.165, 1.54) is 7.11 Å². The molecule has 1 saturated heterocycles. The Balaban J connectivity index is 2.46. The molecule has 0 unspecified atom stereocenters. The van der Waals surface area contributed by atoms with E-state index in [1.807, 2.05) is 0 Å². The third-order valence-corrected chi connectivity index (χ3v) is 2.57. The lowest BCUT2D eigenvalue weighted by atomic mass is 9.93. The zero-order valence-electron chi connectivity index (χ0n) is 8.21. The highest BCUT2D eigenvalue weighted by atomic mass is 16.5. The standard InChI is InChI=1S/C9H15NO4/c1-14-8(13)3-5-9(6-11)4-2-7(12)10-9/h11H,2-6H2,1H3,(H,10,12)/t9-/m1/s1. The van der Waals surface area contributed by atoms with E-state index < -0.39 is 5.54 Å². The molecule has 5 heteroatoms. The average Bonchev–Trinajstić information content (AvgIpc) is 2.57. The number of aliphatic hydroxyl groups excluding tert-OH is 1. The van der Waals surface area contributed by atoms with Crippen LogP contribution in [-0.4, -0.2) is 36.2 Å². The van der Waals surface area contributed by atoms with Gasteiger partial charge in [-0.05, 0) is 12.8 Å². The topological polar surface area (TPSA) is 75.6 Å². The number of hydrogen-bond acceptors (Lipinski definition) is 4. The first-order valence-electron chi connectivity index (χ1n) is 4.60. The predicted molar refractivity (Wildman–Crippen MR) is 48.4 cm³/mol. The molecule has 0 saturated carbocycles. The summed E-state index contributed by atoms with van der Waals surface area (Å²) in [5.41, 5.74) is -0.606. The zero-order chi connectivity index (χ0) is 10.6. The van der Waals surface area contributed by atoms with E-state index in [-0.39, 0.29) is 24.9 Å². The molecule has 1 heterocycles. The number of esters is 1. The highest BCUT2D eigenvalue weighted by Crippen LogP contribution is 2.24. The Morgan fingerprint density at radius 3 is 2.86 bits per heavy atom. The summed E-state index contributed by atoms with van der Waals surface area (Å²) < 4.78 is 4.49. The minimum atomic E-state index is -0.606. The van der Waals surface area contributed by atoms with Gasteiger partial charge in [0.15, 0.2) is 0 Å². The monoisotopic (exact) mass is 201 g/mol. The third kappa shape index (κ3) is 2.45. The van der Waals surface area contributed by atoms with Crippen molar-refractivity contribution >= 4 is 11.9 Å². The Morgan fingerprint density at radius 1 is 1.71 bits per heavy atom. The molecule has 2 N–H and O–H groups in total. The molecule has 0 spiro atoms. The van der Waals surface area contributed by atoms with Crippen LogP contribution >= 0.6 is 0 Å². The van der Waals surface area contributed by atoms with Gasteiger partial charge in [-0.3, -0.25) is 9.59 Å². The van der Waals surface area contributed by atoms with Gasteiger partial charge in [-0.15, -0.1) is 0 Å². The van der Waals surface area contributed by atoms with Crippen molar-refractivity contribution in [3.8, 4) is 0 Å². The first-order valence-corrected chi connectivity index (χ1v) is 4.60. The summed E-state index contributed by atoms with van der Waals surface area (Å²) in [5.74, 6) is -0.386. The summed E-state index contributed by atoms with van der Waals surface area (Å²) in [6.45, 7) is -0.129. The van der Waals surface area contributed by atoms with Gasteiger partial charge in [0.25, 0.3) is 0 Å². The first-order chi connectivity index (χ1) is 6.62. The van der Waals surface area contributed by atoms with Gasteiger partial charge < -0.3 is 15.2 Å². The van der Waals surface area contributed by atoms with Crippen LogP contribution in [0.15, 0.2) is 0 Å². The lowest BCUT2D eigenvalue weighted by Crippen LogP contribution is -2.45. The quantitative estimate of drug-likeness (QED) is 0.606. The largest absolute Gasteiger partial charge is 0.469 e. The molecule has 1 fully saturated rings. The normalized spacial score (nSPS) is 26.0. The van der Waals surface area contributed by atoms with Crippen LogP contribution in [0.1, 0.15) is 25.7 Å². The number of aliphatic hydroxyl groups is 1. The average molecular weight is 201 g/mol. The third-order valence-electron chi connectivity index (χ3n) is 2.57. The molecule has 80 valence electrons. The van der Waals surface area contributed by atoms with Gasteiger partial charge in [0.1, 0.15) is 0 Å². The molecule has 1 atom stereocenters. The lowest BCUT2D eigenvalue weighted by molar-refractivity contribution is -0.141. The van der Waals surface area contributed by atoms with E-state index in [2.05, 4.69) is 10.1 Å². The molecule has 1 rings (SSSR count). The summed E-state index contributed by atoms with van der Waals surface area (Å²) in [5, 5.41) is 11.9. The van der Waals surface area contributed by atoms with Crippen molar-refractivity contribution in [3.05, 3.63) is 0 Å². The number of amides is 1. The van der Waals surface area contributed by atoms with Crippen molar-refractivity contribution in [2.75, 3.05) is 13.7 Å². The number of nitrogens with one attached hydrogen (secondary N) is 1. The molecule has 0 aromatic rings. The van der Waals surface area contributed by atoms with E-state index in [1.54, 1.807) is 0 Å². The maximum Gasteiger partial charge on any atom is 0.305 e.